The molecule has 0 aliphatic carbocycles. The van der Waals surface area contributed by atoms with Gasteiger partial charge in [0.1, 0.15) is 16.3 Å². The number of ether oxygens (including phenoxy) is 1. The summed E-state index contributed by atoms with van der Waals surface area (Å²) >= 11 is 6.02. The Morgan fingerprint density at radius 1 is 1.07 bits per heavy atom. The Labute approximate surface area is 167 Å². The van der Waals surface area contributed by atoms with Crippen molar-refractivity contribution >= 4 is 38.9 Å². The molecule has 144 valence electrons. The average molecular weight is 418 g/mol. The molecule has 3 rings (SSSR count). The molecule has 2 aromatic carbocycles. The molecule has 0 spiro atoms. The number of aromatic nitrogens is 1. The minimum Gasteiger partial charge on any atom is -0.495 e. The summed E-state index contributed by atoms with van der Waals surface area (Å²) in [6.07, 6.45) is 1.51. The van der Waals surface area contributed by atoms with Gasteiger partial charge in [0, 0.05) is 18.0 Å². The van der Waals surface area contributed by atoms with E-state index in [0.29, 0.717) is 5.69 Å². The Morgan fingerprint density at radius 3 is 2.50 bits per heavy atom. The van der Waals surface area contributed by atoms with E-state index in [1.165, 1.54) is 31.5 Å². The number of methoxy groups -OCH3 is 1. The smallest absolute Gasteiger partial charge is 0.274 e. The molecule has 0 saturated heterocycles. The van der Waals surface area contributed by atoms with Crippen molar-refractivity contribution in [2.75, 3.05) is 17.1 Å². The third-order valence-electron chi connectivity index (χ3n) is 3.73. The van der Waals surface area contributed by atoms with Gasteiger partial charge < -0.3 is 10.1 Å². The lowest BCUT2D eigenvalue weighted by molar-refractivity contribution is 0.102. The Bertz CT molecular complexity index is 1110. The second kappa shape index (κ2) is 8.28. The molecule has 0 radical (unpaired) electrons. The van der Waals surface area contributed by atoms with Crippen LogP contribution in [0, 0.1) is 0 Å². The van der Waals surface area contributed by atoms with Crippen LogP contribution in [0.2, 0.25) is 5.02 Å². The van der Waals surface area contributed by atoms with Crippen LogP contribution in [0.1, 0.15) is 10.5 Å². The summed E-state index contributed by atoms with van der Waals surface area (Å²) in [6.45, 7) is 0. The van der Waals surface area contributed by atoms with Crippen molar-refractivity contribution in [3.63, 3.8) is 0 Å². The fraction of sp³-hybridized carbons (Fsp3) is 0.0526. The molecule has 0 aliphatic rings. The number of nitrogens with zero attached hydrogens (tertiary/aromatic N) is 1. The number of amides is 1. The predicted octanol–water partition coefficient (Wildman–Crippen LogP) is 3.80. The number of nitrogens with one attached hydrogen (secondary N) is 2. The first-order valence-corrected chi connectivity index (χ1v) is 9.94. The largest absolute Gasteiger partial charge is 0.495 e. The summed E-state index contributed by atoms with van der Waals surface area (Å²) in [7, 11) is -2.62. The van der Waals surface area contributed by atoms with E-state index in [9.17, 15) is 13.2 Å². The van der Waals surface area contributed by atoms with Gasteiger partial charge in [0.15, 0.2) is 0 Å². The van der Waals surface area contributed by atoms with Crippen molar-refractivity contribution in [2.24, 2.45) is 0 Å². The van der Waals surface area contributed by atoms with Gasteiger partial charge in [-0.3, -0.25) is 14.5 Å². The third-order valence-corrected chi connectivity index (χ3v) is 5.46. The molecule has 0 bridgehead atoms. The molecule has 28 heavy (non-hydrogen) atoms. The normalized spacial score (nSPS) is 10.9. The maximum Gasteiger partial charge on any atom is 0.274 e. The predicted molar refractivity (Wildman–Crippen MR) is 107 cm³/mol. The molecule has 3 aromatic rings. The molecular weight excluding hydrogens is 402 g/mol. The molecule has 1 aromatic heterocycles. The van der Waals surface area contributed by atoms with Crippen LogP contribution in [0.15, 0.2) is 71.8 Å². The Kier molecular flexibility index (Phi) is 5.81. The quantitative estimate of drug-likeness (QED) is 0.635. The lowest BCUT2D eigenvalue weighted by atomic mass is 10.2. The van der Waals surface area contributed by atoms with E-state index in [1.807, 2.05) is 0 Å². The molecule has 2 N–H and O–H groups in total. The minimum atomic E-state index is -3.96. The van der Waals surface area contributed by atoms with E-state index in [4.69, 9.17) is 16.3 Å². The van der Waals surface area contributed by atoms with Gasteiger partial charge >= 0.3 is 0 Å². The summed E-state index contributed by atoms with van der Waals surface area (Å²) in [4.78, 5) is 16.1. The van der Waals surface area contributed by atoms with Gasteiger partial charge in [0.05, 0.1) is 17.8 Å². The first-order valence-electron chi connectivity index (χ1n) is 8.08. The Hall–Kier alpha value is -3.10. The Balaban J connectivity index is 1.87. The number of anilines is 2. The highest BCUT2D eigenvalue weighted by Crippen LogP contribution is 2.30. The van der Waals surface area contributed by atoms with Crippen molar-refractivity contribution in [1.29, 1.82) is 0 Å². The number of pyridine rings is 1. The zero-order chi connectivity index (χ0) is 20.1. The lowest BCUT2D eigenvalue weighted by Crippen LogP contribution is -2.16. The number of rotatable bonds is 6. The van der Waals surface area contributed by atoms with Crippen LogP contribution in [0.3, 0.4) is 0 Å². The van der Waals surface area contributed by atoms with Crippen LogP contribution >= 0.6 is 11.6 Å². The second-order valence-corrected chi connectivity index (χ2v) is 7.68. The maximum atomic E-state index is 12.7. The zero-order valence-corrected chi connectivity index (χ0v) is 16.3. The molecule has 0 fully saturated rings. The summed E-state index contributed by atoms with van der Waals surface area (Å²) in [6, 6.07) is 15.7. The highest BCUT2D eigenvalue weighted by Gasteiger charge is 2.21. The molecule has 0 aliphatic heterocycles. The van der Waals surface area contributed by atoms with Gasteiger partial charge in [0.25, 0.3) is 15.9 Å². The topological polar surface area (TPSA) is 97.4 Å². The number of sulfonamides is 1. The van der Waals surface area contributed by atoms with Crippen LogP contribution in [-0.2, 0) is 10.0 Å². The third kappa shape index (κ3) is 4.41. The SMILES string of the molecule is COc1cc(NC(=O)c2ccccn2)ccc1S(=O)(=O)Nc1ccccc1Cl. The Morgan fingerprint density at radius 2 is 1.82 bits per heavy atom. The highest BCUT2D eigenvalue weighted by molar-refractivity contribution is 7.92. The van der Waals surface area contributed by atoms with Gasteiger partial charge in [-0.15, -0.1) is 0 Å². The first kappa shape index (κ1) is 19.7. The average Bonchev–Trinajstić information content (AvgIpc) is 2.70. The fourth-order valence-electron chi connectivity index (χ4n) is 2.40. The number of halogens is 1. The van der Waals surface area contributed by atoms with Gasteiger partial charge in [0.2, 0.25) is 0 Å². The number of para-hydroxylation sites is 1. The van der Waals surface area contributed by atoms with Gasteiger partial charge in [-0.25, -0.2) is 8.42 Å². The van der Waals surface area contributed by atoms with E-state index < -0.39 is 15.9 Å². The van der Waals surface area contributed by atoms with Crippen LogP contribution in [0.4, 0.5) is 11.4 Å². The van der Waals surface area contributed by atoms with E-state index in [-0.39, 0.29) is 27.0 Å². The first-order chi connectivity index (χ1) is 13.4. The number of hydrogen-bond donors (Lipinski definition) is 2. The fourth-order valence-corrected chi connectivity index (χ4v) is 3.87. The number of benzene rings is 2. The van der Waals surface area contributed by atoms with Crippen molar-refractivity contribution in [3.05, 3.63) is 77.6 Å². The minimum absolute atomic E-state index is 0.0679. The molecule has 1 amide bonds. The number of carbonyl (C=O) groups is 1. The van der Waals surface area contributed by atoms with E-state index in [1.54, 1.807) is 42.5 Å². The van der Waals surface area contributed by atoms with E-state index >= 15 is 0 Å². The van der Waals surface area contributed by atoms with Crippen molar-refractivity contribution in [3.8, 4) is 5.75 Å². The van der Waals surface area contributed by atoms with Crippen molar-refractivity contribution in [1.82, 2.24) is 4.98 Å². The number of hydrogen-bond acceptors (Lipinski definition) is 5. The molecule has 0 saturated carbocycles. The molecular formula is C19H16ClN3O4S. The lowest BCUT2D eigenvalue weighted by Gasteiger charge is -2.14. The van der Waals surface area contributed by atoms with Crippen LogP contribution in [0.25, 0.3) is 0 Å². The standard InChI is InChI=1S/C19H16ClN3O4S/c1-27-17-12-13(22-19(24)16-8-4-5-11-21-16)9-10-18(17)28(25,26)23-15-7-3-2-6-14(15)20/h2-12,23H,1H3,(H,22,24). The summed E-state index contributed by atoms with van der Waals surface area (Å²) in [5.41, 5.74) is 0.849. The van der Waals surface area contributed by atoms with Crippen LogP contribution < -0.4 is 14.8 Å². The monoisotopic (exact) mass is 417 g/mol. The molecule has 0 atom stereocenters. The van der Waals surface area contributed by atoms with E-state index in [2.05, 4.69) is 15.0 Å². The zero-order valence-electron chi connectivity index (χ0n) is 14.7. The van der Waals surface area contributed by atoms with Crippen LogP contribution in [-0.4, -0.2) is 26.4 Å². The highest BCUT2D eigenvalue weighted by atomic mass is 35.5. The molecule has 7 nitrogen and oxygen atoms in total. The summed E-state index contributed by atoms with van der Waals surface area (Å²) in [5, 5.41) is 2.92. The van der Waals surface area contributed by atoms with Crippen molar-refractivity contribution < 1.29 is 17.9 Å². The van der Waals surface area contributed by atoms with Gasteiger partial charge in [-0.2, -0.15) is 0 Å². The van der Waals surface area contributed by atoms with Crippen molar-refractivity contribution in [2.45, 2.75) is 4.90 Å². The molecule has 1 heterocycles. The maximum absolute atomic E-state index is 12.7. The molecule has 9 heteroatoms. The van der Waals surface area contributed by atoms with Gasteiger partial charge in [-0.1, -0.05) is 29.8 Å². The number of carbonyl (C=O) groups excluding carboxylic acids is 1. The second-order valence-electron chi connectivity index (χ2n) is 5.62. The summed E-state index contributed by atoms with van der Waals surface area (Å²) < 4.78 is 33.1. The molecule has 0 unspecified atom stereocenters. The van der Waals surface area contributed by atoms with Gasteiger partial charge in [-0.05, 0) is 36.4 Å². The van der Waals surface area contributed by atoms with Crippen LogP contribution in [0.5, 0.6) is 5.75 Å². The summed E-state index contributed by atoms with van der Waals surface area (Å²) in [5.74, 6) is -0.356. The van der Waals surface area contributed by atoms with E-state index in [0.717, 1.165) is 0 Å².